The van der Waals surface area contributed by atoms with E-state index in [1.165, 1.54) is 5.56 Å². The summed E-state index contributed by atoms with van der Waals surface area (Å²) in [6.45, 7) is 1.61. The Bertz CT molecular complexity index is 1070. The van der Waals surface area contributed by atoms with Crippen molar-refractivity contribution in [3.63, 3.8) is 0 Å². The monoisotopic (exact) mass is 428 g/mol. The highest BCUT2D eigenvalue weighted by molar-refractivity contribution is 7.56. The van der Waals surface area contributed by atoms with Crippen molar-refractivity contribution in [3.8, 4) is 5.75 Å². The van der Waals surface area contributed by atoms with Crippen molar-refractivity contribution in [2.45, 2.75) is 32.6 Å². The first-order chi connectivity index (χ1) is 15.1. The number of phenolic OH excluding ortho intramolecular Hbond substituents is 1. The van der Waals surface area contributed by atoms with Crippen molar-refractivity contribution in [1.29, 1.82) is 0 Å². The Kier molecular flexibility index (Phi) is 6.99. The van der Waals surface area contributed by atoms with Gasteiger partial charge in [-0.25, -0.2) is 0 Å². The van der Waals surface area contributed by atoms with E-state index < -0.39 is 0 Å². The molecule has 0 aliphatic heterocycles. The smallest absolute Gasteiger partial charge is 0.160 e. The number of rotatable bonds is 7. The minimum absolute atomic E-state index is 0.0669. The van der Waals surface area contributed by atoms with Crippen molar-refractivity contribution < 1.29 is 9.90 Å². The molecule has 0 heterocycles. The molecule has 3 unspecified atom stereocenters. The summed E-state index contributed by atoms with van der Waals surface area (Å²) < 4.78 is 0. The Morgan fingerprint density at radius 1 is 0.935 bits per heavy atom. The zero-order valence-corrected chi connectivity index (χ0v) is 18.9. The molecular weight excluding hydrogens is 399 g/mol. The average Bonchev–Trinajstić information content (AvgIpc) is 2.78. The summed E-state index contributed by atoms with van der Waals surface area (Å²) in [5.74, 6) is 1.35. The first-order valence-corrected chi connectivity index (χ1v) is 12.0. The molecule has 0 radical (unpaired) electrons. The Balaban J connectivity index is 1.67. The van der Waals surface area contributed by atoms with Gasteiger partial charge in [-0.2, -0.15) is 0 Å². The van der Waals surface area contributed by atoms with Crippen LogP contribution in [0.1, 0.15) is 41.3 Å². The van der Waals surface area contributed by atoms with E-state index in [0.717, 1.165) is 47.4 Å². The van der Waals surface area contributed by atoms with E-state index >= 15 is 0 Å². The van der Waals surface area contributed by atoms with Crippen LogP contribution < -0.4 is 10.6 Å². The molecule has 158 valence electrons. The van der Waals surface area contributed by atoms with E-state index in [2.05, 4.69) is 60.7 Å². The second-order valence-electron chi connectivity index (χ2n) is 8.40. The lowest BCUT2D eigenvalue weighted by molar-refractivity contribution is 0.101. The van der Waals surface area contributed by atoms with Gasteiger partial charge in [0.25, 0.3) is 0 Å². The summed E-state index contributed by atoms with van der Waals surface area (Å²) in [6.07, 6.45) is 21.2. The Hall–Kier alpha value is -2.70. The number of Topliss-reactive ketones (excluding diaryl/α,β-unsaturated/α-hetero) is 1. The first kappa shape index (κ1) is 21.5. The van der Waals surface area contributed by atoms with Gasteiger partial charge in [-0.3, -0.25) is 4.79 Å². The standard InChI is InChI=1S/C28H29O2P/c1-20(29)25-14-8-9-15-26(25)31-27-19-23(16-21-10-4-2-5-11-21)18-24(28(27)30)17-22-12-6-3-7-13-22/h2-10,12,14-15,18-19,21-22,30-31H,11,13,16-17H2,1H3. The van der Waals surface area contributed by atoms with Crippen LogP contribution in [-0.2, 0) is 12.8 Å². The van der Waals surface area contributed by atoms with Gasteiger partial charge in [0.2, 0.25) is 0 Å². The predicted octanol–water partition coefficient (Wildman–Crippen LogP) is 5.57. The molecule has 0 bridgehead atoms. The van der Waals surface area contributed by atoms with Crippen molar-refractivity contribution in [2.75, 3.05) is 0 Å². The third-order valence-corrected chi connectivity index (χ3v) is 7.30. The molecule has 0 spiro atoms. The SMILES string of the molecule is CC(=O)c1ccccc1Pc1cc(CC2C=CC=CC2)cc(CC2C=CC=CC2)c1O. The average molecular weight is 429 g/mol. The van der Waals surface area contributed by atoms with E-state index in [1.54, 1.807) is 6.92 Å². The number of hydrogen-bond donors (Lipinski definition) is 1. The summed E-state index contributed by atoms with van der Waals surface area (Å²) in [6, 6.07) is 12.1. The summed E-state index contributed by atoms with van der Waals surface area (Å²) in [5.41, 5.74) is 3.02. The number of aromatic hydroxyl groups is 1. The molecule has 31 heavy (non-hydrogen) atoms. The molecule has 0 saturated heterocycles. The van der Waals surface area contributed by atoms with Crippen LogP contribution in [0, 0.1) is 11.8 Å². The number of hydrogen-bond acceptors (Lipinski definition) is 2. The molecule has 2 aliphatic carbocycles. The molecular formula is C28H29O2P. The maximum Gasteiger partial charge on any atom is 0.160 e. The van der Waals surface area contributed by atoms with Gasteiger partial charge in [-0.1, -0.05) is 87.5 Å². The second kappa shape index (κ2) is 10.1. The lowest BCUT2D eigenvalue weighted by Gasteiger charge is -2.20. The molecule has 0 saturated carbocycles. The number of ketones is 1. The Labute approximate surface area is 186 Å². The van der Waals surface area contributed by atoms with Gasteiger partial charge in [0.05, 0.1) is 0 Å². The molecule has 3 heteroatoms. The zero-order valence-electron chi connectivity index (χ0n) is 17.9. The molecule has 1 N–H and O–H groups in total. The topological polar surface area (TPSA) is 37.3 Å². The maximum absolute atomic E-state index is 12.1. The van der Waals surface area contributed by atoms with Gasteiger partial charge >= 0.3 is 0 Å². The zero-order chi connectivity index (χ0) is 21.6. The van der Waals surface area contributed by atoms with E-state index in [0.29, 0.717) is 17.6 Å². The largest absolute Gasteiger partial charge is 0.507 e. The first-order valence-electron chi connectivity index (χ1n) is 11.0. The fourth-order valence-electron chi connectivity index (χ4n) is 4.33. The minimum Gasteiger partial charge on any atom is -0.507 e. The van der Waals surface area contributed by atoms with Crippen molar-refractivity contribution in [3.05, 3.63) is 102 Å². The molecule has 0 aromatic heterocycles. The summed E-state index contributed by atoms with van der Waals surface area (Å²) in [5, 5.41) is 13.1. The quantitative estimate of drug-likeness (QED) is 0.462. The summed E-state index contributed by atoms with van der Waals surface area (Å²) in [7, 11) is 0.249. The molecule has 3 atom stereocenters. The van der Waals surface area contributed by atoms with Crippen LogP contribution in [0.4, 0.5) is 0 Å². The fourth-order valence-corrected chi connectivity index (χ4v) is 5.73. The lowest BCUT2D eigenvalue weighted by Crippen LogP contribution is -2.15. The number of phenols is 1. The van der Waals surface area contributed by atoms with Gasteiger partial charge < -0.3 is 5.11 Å². The fraction of sp³-hybridized carbons (Fsp3) is 0.250. The normalized spacial score (nSPS) is 20.0. The minimum atomic E-state index is 0.0669. The summed E-state index contributed by atoms with van der Waals surface area (Å²) in [4.78, 5) is 12.1. The number of carbonyl (C=O) groups is 1. The third kappa shape index (κ3) is 5.51. The molecule has 2 nitrogen and oxygen atoms in total. The number of carbonyl (C=O) groups excluding carboxylic acids is 1. The van der Waals surface area contributed by atoms with Crippen LogP contribution in [0.3, 0.4) is 0 Å². The molecule has 2 aromatic rings. The summed E-state index contributed by atoms with van der Waals surface area (Å²) >= 11 is 0. The van der Waals surface area contributed by atoms with Crippen LogP contribution in [0.2, 0.25) is 0 Å². The van der Waals surface area contributed by atoms with Crippen LogP contribution in [-0.4, -0.2) is 10.9 Å². The van der Waals surface area contributed by atoms with E-state index in [9.17, 15) is 9.90 Å². The lowest BCUT2D eigenvalue weighted by atomic mass is 9.89. The Morgan fingerprint density at radius 2 is 1.61 bits per heavy atom. The van der Waals surface area contributed by atoms with Gasteiger partial charge in [-0.15, -0.1) is 0 Å². The van der Waals surface area contributed by atoms with E-state index in [1.807, 2.05) is 24.3 Å². The number of benzene rings is 2. The molecule has 2 aromatic carbocycles. The third-order valence-electron chi connectivity index (χ3n) is 5.94. The van der Waals surface area contributed by atoms with Gasteiger partial charge in [-0.05, 0) is 66.9 Å². The van der Waals surface area contributed by atoms with Crippen molar-refractivity contribution >= 4 is 25.0 Å². The van der Waals surface area contributed by atoms with Crippen LogP contribution >= 0.6 is 8.58 Å². The molecule has 0 fully saturated rings. The van der Waals surface area contributed by atoms with Crippen LogP contribution in [0.25, 0.3) is 0 Å². The van der Waals surface area contributed by atoms with Crippen LogP contribution in [0.5, 0.6) is 5.75 Å². The highest BCUT2D eigenvalue weighted by atomic mass is 31.1. The Morgan fingerprint density at radius 3 is 2.26 bits per heavy atom. The maximum atomic E-state index is 12.1. The van der Waals surface area contributed by atoms with Crippen molar-refractivity contribution in [1.82, 2.24) is 0 Å². The molecule has 0 amide bonds. The highest BCUT2D eigenvalue weighted by Gasteiger charge is 2.18. The van der Waals surface area contributed by atoms with Gasteiger partial charge in [0, 0.05) is 10.9 Å². The number of allylic oxidation sites excluding steroid dienone is 8. The second-order valence-corrected chi connectivity index (χ2v) is 9.73. The molecule has 2 aliphatic rings. The van der Waals surface area contributed by atoms with Crippen LogP contribution in [0.15, 0.2) is 85.0 Å². The highest BCUT2D eigenvalue weighted by Crippen LogP contribution is 2.30. The molecule has 4 rings (SSSR count). The van der Waals surface area contributed by atoms with Crippen molar-refractivity contribution in [2.24, 2.45) is 11.8 Å². The predicted molar refractivity (Wildman–Crippen MR) is 132 cm³/mol. The van der Waals surface area contributed by atoms with E-state index in [4.69, 9.17) is 0 Å². The van der Waals surface area contributed by atoms with Gasteiger partial charge in [0.15, 0.2) is 5.78 Å². The van der Waals surface area contributed by atoms with E-state index in [-0.39, 0.29) is 14.4 Å². The van der Waals surface area contributed by atoms with Gasteiger partial charge in [0.1, 0.15) is 5.75 Å².